The van der Waals surface area contributed by atoms with E-state index in [0.717, 1.165) is 25.7 Å². The standard InChI is InChI=1S/C22H27NO2/c24-22(25)21(20-14-8-3-9-15-20)23(16-18-10-4-1-5-11-18)17-19-12-6-2-7-13-19/h1-2,4-7,10-13,20-21H,3,8-9,14-17H2,(H,24,25)/t21-/m0/s1. The molecule has 25 heavy (non-hydrogen) atoms. The van der Waals surface area contributed by atoms with Crippen LogP contribution in [0.15, 0.2) is 60.7 Å². The van der Waals surface area contributed by atoms with Crippen LogP contribution in [0.1, 0.15) is 43.2 Å². The molecule has 0 amide bonds. The number of aliphatic carboxylic acids is 1. The molecule has 3 heteroatoms. The molecule has 0 unspecified atom stereocenters. The van der Waals surface area contributed by atoms with Gasteiger partial charge >= 0.3 is 5.97 Å². The fourth-order valence-corrected chi connectivity index (χ4v) is 3.99. The van der Waals surface area contributed by atoms with Crippen molar-refractivity contribution in [3.8, 4) is 0 Å². The Morgan fingerprint density at radius 3 is 1.80 bits per heavy atom. The summed E-state index contributed by atoms with van der Waals surface area (Å²) in [5, 5.41) is 10.0. The lowest BCUT2D eigenvalue weighted by Gasteiger charge is -2.36. The average Bonchev–Trinajstić information content (AvgIpc) is 2.64. The molecule has 0 bridgehead atoms. The van der Waals surface area contributed by atoms with Gasteiger partial charge in [-0.2, -0.15) is 0 Å². The van der Waals surface area contributed by atoms with Gasteiger partial charge in [-0.15, -0.1) is 0 Å². The van der Waals surface area contributed by atoms with Crippen molar-refractivity contribution in [1.82, 2.24) is 4.90 Å². The van der Waals surface area contributed by atoms with E-state index in [-0.39, 0.29) is 5.92 Å². The quantitative estimate of drug-likeness (QED) is 0.794. The first kappa shape index (κ1) is 17.7. The molecule has 3 nitrogen and oxygen atoms in total. The minimum absolute atomic E-state index is 0.249. The fraction of sp³-hybridized carbons (Fsp3) is 0.409. The highest BCUT2D eigenvalue weighted by Gasteiger charge is 2.34. The second-order valence-electron chi connectivity index (χ2n) is 7.06. The average molecular weight is 337 g/mol. The van der Waals surface area contributed by atoms with Crippen LogP contribution in [-0.2, 0) is 17.9 Å². The molecule has 1 aliphatic rings. The summed E-state index contributed by atoms with van der Waals surface area (Å²) in [7, 11) is 0. The molecular formula is C22H27NO2. The van der Waals surface area contributed by atoms with Crippen LogP contribution in [-0.4, -0.2) is 22.0 Å². The number of hydrogen-bond acceptors (Lipinski definition) is 2. The first-order valence-electron chi connectivity index (χ1n) is 9.29. The molecule has 1 saturated carbocycles. The molecule has 0 saturated heterocycles. The van der Waals surface area contributed by atoms with Crippen molar-refractivity contribution in [2.24, 2.45) is 5.92 Å². The molecule has 0 aromatic heterocycles. The zero-order valence-electron chi connectivity index (χ0n) is 14.7. The second-order valence-corrected chi connectivity index (χ2v) is 7.06. The Hall–Kier alpha value is -2.13. The van der Waals surface area contributed by atoms with Gasteiger partial charge in [0.15, 0.2) is 0 Å². The van der Waals surface area contributed by atoms with E-state index in [1.807, 2.05) is 36.4 Å². The Morgan fingerprint density at radius 1 is 0.880 bits per heavy atom. The summed E-state index contributed by atoms with van der Waals surface area (Å²) in [5.74, 6) is -0.433. The van der Waals surface area contributed by atoms with Gasteiger partial charge in [0.05, 0.1) is 0 Å². The number of rotatable bonds is 7. The molecule has 0 spiro atoms. The van der Waals surface area contributed by atoms with Crippen molar-refractivity contribution in [2.45, 2.75) is 51.2 Å². The van der Waals surface area contributed by atoms with E-state index in [4.69, 9.17) is 0 Å². The zero-order chi connectivity index (χ0) is 17.5. The first-order chi connectivity index (χ1) is 12.2. The van der Waals surface area contributed by atoms with Gasteiger partial charge in [0.1, 0.15) is 6.04 Å². The number of benzene rings is 2. The molecule has 2 aromatic rings. The summed E-state index contributed by atoms with van der Waals surface area (Å²) in [4.78, 5) is 14.3. The van der Waals surface area contributed by atoms with E-state index in [1.165, 1.54) is 17.5 Å². The maximum atomic E-state index is 12.2. The Bertz CT molecular complexity index is 609. The van der Waals surface area contributed by atoms with Crippen molar-refractivity contribution in [3.63, 3.8) is 0 Å². The third kappa shape index (κ3) is 4.93. The van der Waals surface area contributed by atoms with Crippen LogP contribution in [0.3, 0.4) is 0 Å². The molecule has 0 aliphatic heterocycles. The zero-order valence-corrected chi connectivity index (χ0v) is 14.7. The maximum absolute atomic E-state index is 12.2. The molecule has 1 N–H and O–H groups in total. The van der Waals surface area contributed by atoms with Crippen LogP contribution in [0.5, 0.6) is 0 Å². The molecule has 0 radical (unpaired) electrons. The van der Waals surface area contributed by atoms with E-state index in [2.05, 4.69) is 29.2 Å². The van der Waals surface area contributed by atoms with Crippen LogP contribution >= 0.6 is 0 Å². The number of nitrogens with zero attached hydrogens (tertiary/aromatic N) is 1. The summed E-state index contributed by atoms with van der Waals surface area (Å²) >= 11 is 0. The minimum Gasteiger partial charge on any atom is -0.480 e. The highest BCUT2D eigenvalue weighted by Crippen LogP contribution is 2.31. The number of carbonyl (C=O) groups is 1. The SMILES string of the molecule is O=C(O)[C@H](C1CCCCC1)N(Cc1ccccc1)Cc1ccccc1. The van der Waals surface area contributed by atoms with Crippen molar-refractivity contribution in [1.29, 1.82) is 0 Å². The first-order valence-corrected chi connectivity index (χ1v) is 9.29. The summed E-state index contributed by atoms with van der Waals surface area (Å²) in [6.07, 6.45) is 5.59. The highest BCUT2D eigenvalue weighted by molar-refractivity contribution is 5.74. The largest absolute Gasteiger partial charge is 0.480 e. The van der Waals surface area contributed by atoms with Crippen molar-refractivity contribution >= 4 is 5.97 Å². The van der Waals surface area contributed by atoms with Gasteiger partial charge in [-0.1, -0.05) is 79.9 Å². The predicted octanol–water partition coefficient (Wildman–Crippen LogP) is 4.72. The van der Waals surface area contributed by atoms with Gasteiger partial charge < -0.3 is 5.11 Å². The minimum atomic E-state index is -0.682. The summed E-state index contributed by atoms with van der Waals surface area (Å²) in [6.45, 7) is 1.34. The van der Waals surface area contributed by atoms with E-state index in [1.54, 1.807) is 0 Å². The van der Waals surface area contributed by atoms with Gasteiger partial charge in [0.25, 0.3) is 0 Å². The van der Waals surface area contributed by atoms with E-state index >= 15 is 0 Å². The van der Waals surface area contributed by atoms with Gasteiger partial charge in [0, 0.05) is 13.1 Å². The van der Waals surface area contributed by atoms with E-state index in [0.29, 0.717) is 13.1 Å². The van der Waals surface area contributed by atoms with Crippen LogP contribution in [0.2, 0.25) is 0 Å². The predicted molar refractivity (Wildman–Crippen MR) is 100 cm³/mol. The molecule has 132 valence electrons. The summed E-state index contributed by atoms with van der Waals surface area (Å²) in [5.41, 5.74) is 2.33. The lowest BCUT2D eigenvalue weighted by atomic mass is 9.83. The normalized spacial score (nSPS) is 16.7. The van der Waals surface area contributed by atoms with Gasteiger partial charge in [0.2, 0.25) is 0 Å². The topological polar surface area (TPSA) is 40.5 Å². The lowest BCUT2D eigenvalue weighted by Crippen LogP contribution is -2.46. The number of carboxylic acid groups (broad SMARTS) is 1. The third-order valence-electron chi connectivity index (χ3n) is 5.20. The second kappa shape index (κ2) is 8.82. The van der Waals surface area contributed by atoms with Crippen LogP contribution in [0, 0.1) is 5.92 Å². The Kier molecular flexibility index (Phi) is 6.24. The van der Waals surface area contributed by atoms with E-state index < -0.39 is 12.0 Å². The van der Waals surface area contributed by atoms with Gasteiger partial charge in [-0.3, -0.25) is 9.69 Å². The lowest BCUT2D eigenvalue weighted by molar-refractivity contribution is -0.146. The van der Waals surface area contributed by atoms with Crippen molar-refractivity contribution in [3.05, 3.63) is 71.8 Å². The molecular weight excluding hydrogens is 310 g/mol. The molecule has 1 fully saturated rings. The van der Waals surface area contributed by atoms with Crippen LogP contribution in [0.25, 0.3) is 0 Å². The summed E-state index contributed by atoms with van der Waals surface area (Å²) in [6, 6.07) is 20.0. The molecule has 2 aromatic carbocycles. The van der Waals surface area contributed by atoms with Gasteiger partial charge in [-0.25, -0.2) is 0 Å². The molecule has 1 atom stereocenters. The number of carboxylic acids is 1. The summed E-state index contributed by atoms with van der Waals surface area (Å²) < 4.78 is 0. The van der Waals surface area contributed by atoms with E-state index in [9.17, 15) is 9.90 Å². The third-order valence-corrected chi connectivity index (χ3v) is 5.20. The smallest absolute Gasteiger partial charge is 0.321 e. The van der Waals surface area contributed by atoms with Gasteiger partial charge in [-0.05, 0) is 29.9 Å². The molecule has 1 aliphatic carbocycles. The van der Waals surface area contributed by atoms with Crippen LogP contribution in [0.4, 0.5) is 0 Å². The Labute approximate surface area is 150 Å². The number of hydrogen-bond donors (Lipinski definition) is 1. The van der Waals surface area contributed by atoms with Crippen molar-refractivity contribution < 1.29 is 9.90 Å². The highest BCUT2D eigenvalue weighted by atomic mass is 16.4. The van der Waals surface area contributed by atoms with Crippen molar-refractivity contribution in [2.75, 3.05) is 0 Å². The maximum Gasteiger partial charge on any atom is 0.321 e. The Morgan fingerprint density at radius 2 is 1.36 bits per heavy atom. The monoisotopic (exact) mass is 337 g/mol. The fourth-order valence-electron chi connectivity index (χ4n) is 3.99. The molecule has 0 heterocycles. The Balaban J connectivity index is 1.85. The molecule has 3 rings (SSSR count). The van der Waals surface area contributed by atoms with Crippen LogP contribution < -0.4 is 0 Å².